The van der Waals surface area contributed by atoms with Crippen molar-refractivity contribution in [2.45, 2.75) is 6.92 Å². The largest absolute Gasteiger partial charge is 0.485 e. The number of benzene rings is 2. The molecule has 0 atom stereocenters. The maximum Gasteiger partial charge on any atom is 0.200 e. The Morgan fingerprint density at radius 1 is 1.11 bits per heavy atom. The van der Waals surface area contributed by atoms with E-state index in [4.69, 9.17) is 10.00 Å². The standard InChI is InChI=1S/C16H13NO2/c1-12-2-8-15(9-3-12)19-11-16(18)14-6-4-13(10-17)5-7-14/h2-9H,11H2,1H3. The summed E-state index contributed by atoms with van der Waals surface area (Å²) in [6, 6.07) is 16.1. The number of carbonyl (C=O) groups excluding carboxylic acids is 1. The Morgan fingerprint density at radius 2 is 1.74 bits per heavy atom. The van der Waals surface area contributed by atoms with Gasteiger partial charge in [-0.05, 0) is 43.3 Å². The van der Waals surface area contributed by atoms with E-state index in [1.54, 1.807) is 24.3 Å². The highest BCUT2D eigenvalue weighted by Gasteiger charge is 2.06. The van der Waals surface area contributed by atoms with E-state index in [9.17, 15) is 4.79 Å². The van der Waals surface area contributed by atoms with Gasteiger partial charge in [0.2, 0.25) is 0 Å². The molecule has 0 amide bonds. The molecule has 0 aliphatic rings. The molecule has 3 nitrogen and oxygen atoms in total. The highest BCUT2D eigenvalue weighted by Crippen LogP contribution is 2.12. The molecule has 0 saturated heterocycles. The molecule has 2 aromatic carbocycles. The minimum atomic E-state index is -0.106. The van der Waals surface area contributed by atoms with Gasteiger partial charge >= 0.3 is 0 Å². The second-order valence-electron chi connectivity index (χ2n) is 4.21. The highest BCUT2D eigenvalue weighted by molar-refractivity contribution is 5.97. The number of nitrogens with zero attached hydrogens (tertiary/aromatic N) is 1. The maximum absolute atomic E-state index is 11.9. The second kappa shape index (κ2) is 5.83. The molecule has 2 rings (SSSR count). The van der Waals surface area contributed by atoms with Crippen LogP contribution in [0.4, 0.5) is 0 Å². The summed E-state index contributed by atoms with van der Waals surface area (Å²) in [6.07, 6.45) is 0. The topological polar surface area (TPSA) is 50.1 Å². The van der Waals surface area contributed by atoms with E-state index in [-0.39, 0.29) is 12.4 Å². The van der Waals surface area contributed by atoms with E-state index < -0.39 is 0 Å². The fraction of sp³-hybridized carbons (Fsp3) is 0.125. The fourth-order valence-electron chi connectivity index (χ4n) is 1.60. The first-order valence-electron chi connectivity index (χ1n) is 5.92. The second-order valence-corrected chi connectivity index (χ2v) is 4.21. The number of ether oxygens (including phenoxy) is 1. The number of Topliss-reactive ketones (excluding diaryl/α,β-unsaturated/α-hetero) is 1. The van der Waals surface area contributed by atoms with E-state index in [2.05, 4.69) is 0 Å². The predicted molar refractivity (Wildman–Crippen MR) is 72.2 cm³/mol. The van der Waals surface area contributed by atoms with Crippen LogP contribution in [0.1, 0.15) is 21.5 Å². The summed E-state index contributed by atoms with van der Waals surface area (Å²) >= 11 is 0. The average Bonchev–Trinajstić information content (AvgIpc) is 2.46. The van der Waals surface area contributed by atoms with E-state index in [0.29, 0.717) is 16.9 Å². The smallest absolute Gasteiger partial charge is 0.200 e. The van der Waals surface area contributed by atoms with Gasteiger partial charge in [-0.3, -0.25) is 4.79 Å². The van der Waals surface area contributed by atoms with Crippen LogP contribution in [0.15, 0.2) is 48.5 Å². The van der Waals surface area contributed by atoms with Crippen LogP contribution in [-0.2, 0) is 0 Å². The van der Waals surface area contributed by atoms with Crippen molar-refractivity contribution in [3.63, 3.8) is 0 Å². The normalized spacial score (nSPS) is 9.68. The van der Waals surface area contributed by atoms with E-state index >= 15 is 0 Å². The molecule has 0 aliphatic carbocycles. The van der Waals surface area contributed by atoms with Gasteiger partial charge in [0, 0.05) is 5.56 Å². The molecule has 0 aromatic heterocycles. The van der Waals surface area contributed by atoms with Crippen LogP contribution in [0.5, 0.6) is 5.75 Å². The number of ketones is 1. The fourth-order valence-corrected chi connectivity index (χ4v) is 1.60. The zero-order valence-electron chi connectivity index (χ0n) is 10.6. The molecule has 0 N–H and O–H groups in total. The number of hydrogen-bond donors (Lipinski definition) is 0. The van der Waals surface area contributed by atoms with Gasteiger partial charge < -0.3 is 4.74 Å². The van der Waals surface area contributed by atoms with Crippen LogP contribution < -0.4 is 4.74 Å². The highest BCUT2D eigenvalue weighted by atomic mass is 16.5. The monoisotopic (exact) mass is 251 g/mol. The molecule has 3 heteroatoms. The SMILES string of the molecule is Cc1ccc(OCC(=O)c2ccc(C#N)cc2)cc1. The molecule has 0 aliphatic heterocycles. The van der Waals surface area contributed by atoms with Crippen molar-refractivity contribution in [2.24, 2.45) is 0 Å². The van der Waals surface area contributed by atoms with Gasteiger partial charge in [-0.25, -0.2) is 0 Å². The zero-order chi connectivity index (χ0) is 13.7. The van der Waals surface area contributed by atoms with Gasteiger partial charge in [0.15, 0.2) is 12.4 Å². The average molecular weight is 251 g/mol. The number of hydrogen-bond acceptors (Lipinski definition) is 3. The summed E-state index contributed by atoms with van der Waals surface area (Å²) in [5.74, 6) is 0.567. The number of nitriles is 1. The lowest BCUT2D eigenvalue weighted by atomic mass is 10.1. The van der Waals surface area contributed by atoms with Gasteiger partial charge in [0.25, 0.3) is 0 Å². The van der Waals surface area contributed by atoms with Crippen molar-refractivity contribution < 1.29 is 9.53 Å². The van der Waals surface area contributed by atoms with Gasteiger partial charge in [0.05, 0.1) is 11.6 Å². The van der Waals surface area contributed by atoms with Crippen LogP contribution >= 0.6 is 0 Å². The number of aryl methyl sites for hydroxylation is 1. The van der Waals surface area contributed by atoms with Crippen LogP contribution in [0.3, 0.4) is 0 Å². The zero-order valence-corrected chi connectivity index (χ0v) is 10.6. The van der Waals surface area contributed by atoms with Crippen molar-refractivity contribution in [1.82, 2.24) is 0 Å². The Balaban J connectivity index is 1.97. The summed E-state index contributed by atoms with van der Waals surface area (Å²) in [7, 11) is 0. The predicted octanol–water partition coefficient (Wildman–Crippen LogP) is 3.13. The first-order chi connectivity index (χ1) is 9.19. The van der Waals surface area contributed by atoms with Crippen molar-refractivity contribution in [3.05, 3.63) is 65.2 Å². The Labute approximate surface area is 112 Å². The summed E-state index contributed by atoms with van der Waals surface area (Å²) in [6.45, 7) is 1.99. The summed E-state index contributed by atoms with van der Waals surface area (Å²) in [5.41, 5.74) is 2.23. The van der Waals surface area contributed by atoms with E-state index in [1.165, 1.54) is 0 Å². The summed E-state index contributed by atoms with van der Waals surface area (Å²) in [5, 5.41) is 8.68. The third-order valence-corrected chi connectivity index (χ3v) is 2.73. The van der Waals surface area contributed by atoms with Gasteiger partial charge in [0.1, 0.15) is 5.75 Å². The third kappa shape index (κ3) is 3.43. The Bertz CT molecular complexity index is 607. The number of rotatable bonds is 4. The molecule has 19 heavy (non-hydrogen) atoms. The first-order valence-corrected chi connectivity index (χ1v) is 5.92. The molecule has 0 fully saturated rings. The maximum atomic E-state index is 11.9. The Hall–Kier alpha value is -2.60. The van der Waals surface area contributed by atoms with Crippen LogP contribution in [-0.4, -0.2) is 12.4 Å². The molecule has 94 valence electrons. The van der Waals surface area contributed by atoms with Crippen molar-refractivity contribution in [3.8, 4) is 11.8 Å². The van der Waals surface area contributed by atoms with Crippen molar-refractivity contribution >= 4 is 5.78 Å². The minimum Gasteiger partial charge on any atom is -0.485 e. The number of carbonyl (C=O) groups is 1. The minimum absolute atomic E-state index is 0.00500. The third-order valence-electron chi connectivity index (χ3n) is 2.73. The van der Waals surface area contributed by atoms with Crippen LogP contribution in [0, 0.1) is 18.3 Å². The van der Waals surface area contributed by atoms with E-state index in [0.717, 1.165) is 5.56 Å². The van der Waals surface area contributed by atoms with Gasteiger partial charge in [-0.15, -0.1) is 0 Å². The molecule has 0 bridgehead atoms. The lowest BCUT2D eigenvalue weighted by Gasteiger charge is -2.05. The van der Waals surface area contributed by atoms with Gasteiger partial charge in [-0.1, -0.05) is 17.7 Å². The Kier molecular flexibility index (Phi) is 3.94. The molecule has 0 spiro atoms. The van der Waals surface area contributed by atoms with E-state index in [1.807, 2.05) is 37.3 Å². The van der Waals surface area contributed by atoms with Gasteiger partial charge in [-0.2, -0.15) is 5.26 Å². The lowest BCUT2D eigenvalue weighted by Crippen LogP contribution is -2.11. The Morgan fingerprint density at radius 3 is 2.32 bits per heavy atom. The van der Waals surface area contributed by atoms with Crippen molar-refractivity contribution in [1.29, 1.82) is 5.26 Å². The molecular weight excluding hydrogens is 238 g/mol. The molecule has 0 radical (unpaired) electrons. The lowest BCUT2D eigenvalue weighted by molar-refractivity contribution is 0.0921. The molecule has 0 heterocycles. The summed E-state index contributed by atoms with van der Waals surface area (Å²) < 4.78 is 5.42. The first kappa shape index (κ1) is 12.8. The van der Waals surface area contributed by atoms with Crippen LogP contribution in [0.2, 0.25) is 0 Å². The molecular formula is C16H13NO2. The van der Waals surface area contributed by atoms with Crippen molar-refractivity contribution in [2.75, 3.05) is 6.61 Å². The molecule has 0 saturated carbocycles. The quantitative estimate of drug-likeness (QED) is 0.784. The molecule has 2 aromatic rings. The van der Waals surface area contributed by atoms with Crippen LogP contribution in [0.25, 0.3) is 0 Å². The molecule has 0 unspecified atom stereocenters. The summed E-state index contributed by atoms with van der Waals surface area (Å²) in [4.78, 5) is 11.9.